The van der Waals surface area contributed by atoms with Crippen molar-refractivity contribution in [2.75, 3.05) is 0 Å². The van der Waals surface area contributed by atoms with E-state index in [4.69, 9.17) is 17.3 Å². The quantitative estimate of drug-likeness (QED) is 0.229. The zero-order valence-corrected chi connectivity index (χ0v) is 14.3. The molecule has 0 fully saturated rings. The Morgan fingerprint density at radius 2 is 1.31 bits per heavy atom. The van der Waals surface area contributed by atoms with Crippen LogP contribution in [0.3, 0.4) is 0 Å². The standard InChI is InChI=1S/C20H15ClF2N2O/c21-18-4-2-1-3-17(18)20(19(24)25-26,13-5-9-15(22)10-6-13)14-7-11-16(23)12-8-14/h1-12,26H,(H2,24,25). The van der Waals surface area contributed by atoms with Gasteiger partial charge in [0.1, 0.15) is 17.0 Å². The number of hydrogen-bond acceptors (Lipinski definition) is 2. The number of oxime groups is 1. The largest absolute Gasteiger partial charge is 0.409 e. The summed E-state index contributed by atoms with van der Waals surface area (Å²) in [5.41, 5.74) is 6.39. The fourth-order valence-electron chi connectivity index (χ4n) is 3.15. The third-order valence-corrected chi connectivity index (χ3v) is 4.65. The normalized spacial score (nSPS) is 12.2. The maximum atomic E-state index is 13.5. The summed E-state index contributed by atoms with van der Waals surface area (Å²) < 4.78 is 27.0. The predicted molar refractivity (Wildman–Crippen MR) is 97.5 cm³/mol. The summed E-state index contributed by atoms with van der Waals surface area (Å²) in [6, 6.07) is 18.1. The highest BCUT2D eigenvalue weighted by Gasteiger charge is 2.42. The summed E-state index contributed by atoms with van der Waals surface area (Å²) in [5, 5.41) is 13.1. The Kier molecular flexibility index (Phi) is 4.91. The highest BCUT2D eigenvalue weighted by molar-refractivity contribution is 6.32. The lowest BCUT2D eigenvalue weighted by Crippen LogP contribution is -2.44. The molecule has 0 aliphatic carbocycles. The number of halogens is 3. The molecule has 0 amide bonds. The molecule has 3 rings (SSSR count). The van der Waals surface area contributed by atoms with Gasteiger partial charge in [0.2, 0.25) is 0 Å². The van der Waals surface area contributed by atoms with Crippen molar-refractivity contribution in [2.45, 2.75) is 5.41 Å². The van der Waals surface area contributed by atoms with Crippen LogP contribution in [0.1, 0.15) is 16.7 Å². The fraction of sp³-hybridized carbons (Fsp3) is 0.0500. The summed E-state index contributed by atoms with van der Waals surface area (Å²) in [5.74, 6) is -1.04. The average Bonchev–Trinajstić information content (AvgIpc) is 2.66. The average molecular weight is 373 g/mol. The maximum absolute atomic E-state index is 13.5. The van der Waals surface area contributed by atoms with Crippen LogP contribution in [0.5, 0.6) is 0 Å². The van der Waals surface area contributed by atoms with Gasteiger partial charge in [-0.05, 0) is 47.0 Å². The first-order chi connectivity index (χ1) is 12.5. The van der Waals surface area contributed by atoms with Gasteiger partial charge in [-0.15, -0.1) is 0 Å². The summed E-state index contributed by atoms with van der Waals surface area (Å²) >= 11 is 6.43. The molecule has 6 heteroatoms. The third kappa shape index (κ3) is 2.91. The van der Waals surface area contributed by atoms with Gasteiger partial charge in [-0.25, -0.2) is 8.78 Å². The van der Waals surface area contributed by atoms with Crippen LogP contribution < -0.4 is 5.73 Å². The molecule has 0 bridgehead atoms. The van der Waals surface area contributed by atoms with Crippen molar-refractivity contribution < 1.29 is 14.0 Å². The molecular formula is C20H15ClF2N2O. The van der Waals surface area contributed by atoms with Crippen molar-refractivity contribution >= 4 is 17.4 Å². The first kappa shape index (κ1) is 17.9. The lowest BCUT2D eigenvalue weighted by molar-refractivity contribution is 0.314. The molecule has 0 aromatic heterocycles. The van der Waals surface area contributed by atoms with Crippen LogP contribution >= 0.6 is 11.6 Å². The van der Waals surface area contributed by atoms with Crippen molar-refractivity contribution in [3.05, 3.63) is 106 Å². The zero-order chi connectivity index (χ0) is 18.7. The van der Waals surface area contributed by atoms with E-state index in [-0.39, 0.29) is 5.84 Å². The van der Waals surface area contributed by atoms with Crippen LogP contribution in [-0.2, 0) is 5.41 Å². The van der Waals surface area contributed by atoms with Crippen LogP contribution in [0, 0.1) is 11.6 Å². The molecule has 3 N–H and O–H groups in total. The number of hydrogen-bond donors (Lipinski definition) is 2. The summed E-state index contributed by atoms with van der Waals surface area (Å²) in [4.78, 5) is 0. The van der Waals surface area contributed by atoms with Gasteiger partial charge >= 0.3 is 0 Å². The molecule has 3 nitrogen and oxygen atoms in total. The van der Waals surface area contributed by atoms with E-state index in [0.29, 0.717) is 21.7 Å². The van der Waals surface area contributed by atoms with Crippen molar-refractivity contribution in [2.24, 2.45) is 10.9 Å². The monoisotopic (exact) mass is 372 g/mol. The van der Waals surface area contributed by atoms with Gasteiger partial charge in [-0.2, -0.15) is 0 Å². The molecule has 0 radical (unpaired) electrons. The number of benzene rings is 3. The maximum Gasteiger partial charge on any atom is 0.158 e. The molecule has 0 aliphatic heterocycles. The molecule has 26 heavy (non-hydrogen) atoms. The molecular weight excluding hydrogens is 358 g/mol. The molecule has 0 atom stereocenters. The molecule has 0 heterocycles. The lowest BCUT2D eigenvalue weighted by Gasteiger charge is -2.35. The number of amidine groups is 1. The summed E-state index contributed by atoms with van der Waals surface area (Å²) in [6.45, 7) is 0. The van der Waals surface area contributed by atoms with E-state index in [1.165, 1.54) is 48.5 Å². The van der Waals surface area contributed by atoms with E-state index < -0.39 is 17.0 Å². The molecule has 0 unspecified atom stereocenters. The van der Waals surface area contributed by atoms with Crippen LogP contribution in [-0.4, -0.2) is 11.0 Å². The van der Waals surface area contributed by atoms with Crippen molar-refractivity contribution in [1.82, 2.24) is 0 Å². The van der Waals surface area contributed by atoms with Gasteiger partial charge in [-0.1, -0.05) is 59.2 Å². The topological polar surface area (TPSA) is 58.6 Å². The molecule has 3 aromatic carbocycles. The van der Waals surface area contributed by atoms with Crippen molar-refractivity contribution in [1.29, 1.82) is 0 Å². The minimum Gasteiger partial charge on any atom is -0.409 e. The molecule has 0 saturated heterocycles. The van der Waals surface area contributed by atoms with Gasteiger partial charge in [0.25, 0.3) is 0 Å². The summed E-state index contributed by atoms with van der Waals surface area (Å²) in [6.07, 6.45) is 0. The van der Waals surface area contributed by atoms with E-state index in [0.717, 1.165) is 0 Å². The highest BCUT2D eigenvalue weighted by Crippen LogP contribution is 2.42. The first-order valence-corrected chi connectivity index (χ1v) is 8.13. The predicted octanol–water partition coefficient (Wildman–Crippen LogP) is 4.70. The van der Waals surface area contributed by atoms with Gasteiger partial charge in [0.15, 0.2) is 5.84 Å². The van der Waals surface area contributed by atoms with Crippen molar-refractivity contribution in [3.63, 3.8) is 0 Å². The minimum absolute atomic E-state index is 0.177. The Hall–Kier alpha value is -2.92. The van der Waals surface area contributed by atoms with Crippen LogP contribution in [0.15, 0.2) is 78.0 Å². The molecule has 0 aliphatic rings. The van der Waals surface area contributed by atoms with Crippen LogP contribution in [0.2, 0.25) is 5.02 Å². The van der Waals surface area contributed by atoms with Crippen molar-refractivity contribution in [3.8, 4) is 0 Å². The number of nitrogens with zero attached hydrogens (tertiary/aromatic N) is 1. The third-order valence-electron chi connectivity index (χ3n) is 4.32. The zero-order valence-electron chi connectivity index (χ0n) is 13.5. The Bertz CT molecular complexity index is 895. The Morgan fingerprint density at radius 3 is 1.73 bits per heavy atom. The van der Waals surface area contributed by atoms with E-state index in [1.807, 2.05) is 0 Å². The fourth-order valence-corrected chi connectivity index (χ4v) is 3.43. The second-order valence-corrected chi connectivity index (χ2v) is 6.14. The van der Waals surface area contributed by atoms with Gasteiger partial charge in [0, 0.05) is 5.02 Å². The Labute approximate surface area is 154 Å². The van der Waals surface area contributed by atoms with E-state index >= 15 is 0 Å². The smallest absolute Gasteiger partial charge is 0.158 e. The first-order valence-electron chi connectivity index (χ1n) is 7.75. The Morgan fingerprint density at radius 1 is 0.846 bits per heavy atom. The lowest BCUT2D eigenvalue weighted by atomic mass is 9.68. The minimum atomic E-state index is -1.32. The van der Waals surface area contributed by atoms with E-state index in [2.05, 4.69) is 5.16 Å². The number of rotatable bonds is 4. The molecule has 132 valence electrons. The second-order valence-electron chi connectivity index (χ2n) is 5.73. The molecule has 0 saturated carbocycles. The van der Waals surface area contributed by atoms with E-state index in [1.54, 1.807) is 24.3 Å². The van der Waals surface area contributed by atoms with Gasteiger partial charge in [0.05, 0.1) is 0 Å². The van der Waals surface area contributed by atoms with E-state index in [9.17, 15) is 14.0 Å². The van der Waals surface area contributed by atoms with Crippen LogP contribution in [0.25, 0.3) is 0 Å². The Balaban J connectivity index is 2.44. The summed E-state index contributed by atoms with van der Waals surface area (Å²) in [7, 11) is 0. The molecule has 3 aromatic rings. The highest BCUT2D eigenvalue weighted by atomic mass is 35.5. The van der Waals surface area contributed by atoms with Gasteiger partial charge < -0.3 is 10.9 Å². The van der Waals surface area contributed by atoms with Crippen LogP contribution in [0.4, 0.5) is 8.78 Å². The van der Waals surface area contributed by atoms with Gasteiger partial charge in [-0.3, -0.25) is 0 Å². The molecule has 0 spiro atoms. The number of nitrogens with two attached hydrogens (primary N) is 1. The SMILES string of the molecule is NC(=NO)C(c1ccc(F)cc1)(c1ccc(F)cc1)c1ccccc1Cl. The second kappa shape index (κ2) is 7.14.